The number of halogens is 1. The number of benzene rings is 1. The minimum atomic E-state index is -4.63. The summed E-state index contributed by atoms with van der Waals surface area (Å²) in [5.74, 6) is -1.35. The van der Waals surface area contributed by atoms with Gasteiger partial charge in [0.05, 0.1) is 18.6 Å². The highest BCUT2D eigenvalue weighted by atomic mass is 32.3. The van der Waals surface area contributed by atoms with Gasteiger partial charge in [-0.3, -0.25) is 4.79 Å². The first kappa shape index (κ1) is 14.6. The lowest BCUT2D eigenvalue weighted by Crippen LogP contribution is -2.25. The molecule has 1 heterocycles. The van der Waals surface area contributed by atoms with Gasteiger partial charge in [-0.2, -0.15) is 8.42 Å². The maximum Gasteiger partial charge on any atom is 0.302 e. The second-order valence-electron chi connectivity index (χ2n) is 4.63. The number of aromatic hydroxyl groups is 1. The fourth-order valence-corrected chi connectivity index (χ4v) is 3.04. The Balaban J connectivity index is 2.24. The van der Waals surface area contributed by atoms with E-state index in [1.165, 1.54) is 30.2 Å². The van der Waals surface area contributed by atoms with Crippen LogP contribution in [0.25, 0.3) is 0 Å². The predicted octanol–water partition coefficient (Wildman–Crippen LogP) is 1.05. The zero-order valence-electron chi connectivity index (χ0n) is 10.7. The van der Waals surface area contributed by atoms with E-state index in [9.17, 15) is 22.2 Å². The minimum Gasteiger partial charge on any atom is -0.506 e. The number of nitrogens with zero attached hydrogens (tertiary/aromatic N) is 1. The molecule has 2 rings (SSSR count). The molecule has 0 aromatic heterocycles. The lowest BCUT2D eigenvalue weighted by atomic mass is 10.1. The van der Waals surface area contributed by atoms with Crippen molar-refractivity contribution >= 4 is 21.8 Å². The normalized spacial score (nSPS) is 19.4. The Hall–Kier alpha value is -1.83. The molecule has 0 aliphatic carbocycles. The molecule has 1 aromatic rings. The van der Waals surface area contributed by atoms with Crippen molar-refractivity contribution in [1.29, 1.82) is 0 Å². The van der Waals surface area contributed by atoms with E-state index < -0.39 is 21.9 Å². The summed E-state index contributed by atoms with van der Waals surface area (Å²) in [6, 6.07) is 4.38. The molecule has 1 saturated heterocycles. The smallest absolute Gasteiger partial charge is 0.302 e. The van der Waals surface area contributed by atoms with E-state index in [0.29, 0.717) is 5.75 Å². The Bertz CT molecular complexity index is 631. The van der Waals surface area contributed by atoms with Crippen molar-refractivity contribution in [3.05, 3.63) is 18.2 Å². The largest absolute Gasteiger partial charge is 0.506 e. The van der Waals surface area contributed by atoms with Crippen LogP contribution in [0.2, 0.25) is 0 Å². The van der Waals surface area contributed by atoms with E-state index in [1.807, 2.05) is 0 Å². The third kappa shape index (κ3) is 3.19. The van der Waals surface area contributed by atoms with Crippen molar-refractivity contribution < 1.29 is 26.9 Å². The SMILES string of the molecule is COc1ccc(O)c(N2CC(CS(=O)(=O)F)CC2=O)c1. The van der Waals surface area contributed by atoms with Crippen molar-refractivity contribution in [2.24, 2.45) is 5.92 Å². The summed E-state index contributed by atoms with van der Waals surface area (Å²) in [5.41, 5.74) is 0.230. The number of ether oxygens (including phenoxy) is 1. The van der Waals surface area contributed by atoms with Crippen LogP contribution in [0.5, 0.6) is 11.5 Å². The van der Waals surface area contributed by atoms with Gasteiger partial charge in [-0.15, -0.1) is 3.89 Å². The van der Waals surface area contributed by atoms with Crippen LogP contribution in [0.15, 0.2) is 18.2 Å². The van der Waals surface area contributed by atoms with Crippen molar-refractivity contribution in [3.63, 3.8) is 0 Å². The van der Waals surface area contributed by atoms with Gasteiger partial charge in [0.15, 0.2) is 0 Å². The van der Waals surface area contributed by atoms with Gasteiger partial charge in [-0.25, -0.2) is 0 Å². The number of rotatable bonds is 4. The molecular formula is C12H14FNO5S. The molecule has 0 spiro atoms. The number of methoxy groups -OCH3 is 1. The van der Waals surface area contributed by atoms with Crippen LogP contribution in [-0.2, 0) is 15.0 Å². The van der Waals surface area contributed by atoms with Crippen molar-refractivity contribution in [3.8, 4) is 11.5 Å². The van der Waals surface area contributed by atoms with Gasteiger partial charge in [0.1, 0.15) is 11.5 Å². The van der Waals surface area contributed by atoms with Crippen LogP contribution in [0.3, 0.4) is 0 Å². The van der Waals surface area contributed by atoms with Crippen molar-refractivity contribution in [1.82, 2.24) is 0 Å². The molecule has 1 aliphatic heterocycles. The van der Waals surface area contributed by atoms with Gasteiger partial charge in [0.25, 0.3) is 0 Å². The van der Waals surface area contributed by atoms with Crippen molar-refractivity contribution in [2.45, 2.75) is 6.42 Å². The number of hydrogen-bond acceptors (Lipinski definition) is 5. The highest BCUT2D eigenvalue weighted by Crippen LogP contribution is 2.35. The predicted molar refractivity (Wildman–Crippen MR) is 70.0 cm³/mol. The topological polar surface area (TPSA) is 83.9 Å². The lowest BCUT2D eigenvalue weighted by molar-refractivity contribution is -0.117. The van der Waals surface area contributed by atoms with E-state index in [-0.39, 0.29) is 30.3 Å². The molecule has 6 nitrogen and oxygen atoms in total. The lowest BCUT2D eigenvalue weighted by Gasteiger charge is -2.18. The Morgan fingerprint density at radius 3 is 2.80 bits per heavy atom. The van der Waals surface area contributed by atoms with E-state index in [2.05, 4.69) is 0 Å². The first-order chi connectivity index (χ1) is 9.30. The second-order valence-corrected chi connectivity index (χ2v) is 6.05. The average molecular weight is 303 g/mol. The van der Waals surface area contributed by atoms with Gasteiger partial charge >= 0.3 is 10.2 Å². The van der Waals surface area contributed by atoms with Crippen LogP contribution in [0, 0.1) is 5.92 Å². The number of hydrogen-bond donors (Lipinski definition) is 1. The van der Waals surface area contributed by atoms with Crippen LogP contribution < -0.4 is 9.64 Å². The number of amides is 1. The minimum absolute atomic E-state index is 0.0444. The summed E-state index contributed by atoms with van der Waals surface area (Å²) in [6.07, 6.45) is -0.0696. The molecule has 1 fully saturated rings. The standard InChI is InChI=1S/C12H14FNO5S/c1-19-9-2-3-11(15)10(5-9)14-6-8(4-12(14)16)7-20(13,17)18/h2-3,5,8,15H,4,6-7H2,1H3. The molecule has 1 unspecified atom stereocenters. The molecule has 8 heteroatoms. The van der Waals surface area contributed by atoms with E-state index in [4.69, 9.17) is 4.74 Å². The number of carbonyl (C=O) groups is 1. The quantitative estimate of drug-likeness (QED) is 0.841. The summed E-state index contributed by atoms with van der Waals surface area (Å²) in [7, 11) is -3.18. The number of phenols is 1. The maximum atomic E-state index is 12.7. The van der Waals surface area contributed by atoms with E-state index in [0.717, 1.165) is 0 Å². The number of anilines is 1. The molecule has 1 atom stereocenters. The molecule has 20 heavy (non-hydrogen) atoms. The fourth-order valence-electron chi connectivity index (χ4n) is 2.25. The summed E-state index contributed by atoms with van der Waals surface area (Å²) >= 11 is 0. The average Bonchev–Trinajstić information content (AvgIpc) is 2.68. The summed E-state index contributed by atoms with van der Waals surface area (Å²) in [5, 5.41) is 9.79. The summed E-state index contributed by atoms with van der Waals surface area (Å²) in [4.78, 5) is 13.1. The Kier molecular flexibility index (Phi) is 3.85. The number of carbonyl (C=O) groups excluding carboxylic acids is 1. The number of phenolic OH excluding ortho intramolecular Hbond substituents is 1. The van der Waals surface area contributed by atoms with Gasteiger partial charge in [-0.05, 0) is 12.1 Å². The van der Waals surface area contributed by atoms with Crippen LogP contribution in [0.4, 0.5) is 9.57 Å². The van der Waals surface area contributed by atoms with Gasteiger partial charge in [0, 0.05) is 24.9 Å². The first-order valence-corrected chi connectivity index (χ1v) is 7.45. The van der Waals surface area contributed by atoms with Crippen LogP contribution in [-0.4, -0.2) is 38.8 Å². The van der Waals surface area contributed by atoms with E-state index in [1.54, 1.807) is 0 Å². The molecule has 1 amide bonds. The van der Waals surface area contributed by atoms with Crippen molar-refractivity contribution in [2.75, 3.05) is 24.3 Å². The Morgan fingerprint density at radius 1 is 1.50 bits per heavy atom. The molecule has 1 aliphatic rings. The van der Waals surface area contributed by atoms with E-state index >= 15 is 0 Å². The van der Waals surface area contributed by atoms with Crippen LogP contribution >= 0.6 is 0 Å². The molecule has 0 radical (unpaired) electrons. The highest BCUT2D eigenvalue weighted by Gasteiger charge is 2.34. The second kappa shape index (κ2) is 5.28. The van der Waals surface area contributed by atoms with Gasteiger partial charge in [0.2, 0.25) is 5.91 Å². The monoisotopic (exact) mass is 303 g/mol. The maximum absolute atomic E-state index is 12.7. The molecular weight excluding hydrogens is 289 g/mol. The van der Waals surface area contributed by atoms with Gasteiger partial charge < -0.3 is 14.7 Å². The zero-order chi connectivity index (χ0) is 14.9. The highest BCUT2D eigenvalue weighted by molar-refractivity contribution is 7.86. The Morgan fingerprint density at radius 2 is 2.20 bits per heavy atom. The molecule has 110 valence electrons. The van der Waals surface area contributed by atoms with Crippen LogP contribution in [0.1, 0.15) is 6.42 Å². The summed E-state index contributed by atoms with van der Waals surface area (Å²) < 4.78 is 39.0. The molecule has 0 saturated carbocycles. The zero-order valence-corrected chi connectivity index (χ0v) is 11.6. The Labute approximate surface area is 116 Å². The fraction of sp³-hybridized carbons (Fsp3) is 0.417. The molecule has 0 bridgehead atoms. The molecule has 1 aromatic carbocycles. The third-order valence-corrected chi connectivity index (χ3v) is 3.98. The van der Waals surface area contributed by atoms with Gasteiger partial charge in [-0.1, -0.05) is 0 Å². The third-order valence-electron chi connectivity index (χ3n) is 3.11. The summed E-state index contributed by atoms with van der Waals surface area (Å²) in [6.45, 7) is 0.0444. The molecule has 1 N–H and O–H groups in total. The first-order valence-electron chi connectivity index (χ1n) is 5.90.